The molecular weight excluding hydrogens is 437 g/mol. The Labute approximate surface area is 171 Å². The quantitative estimate of drug-likeness (QED) is 0.659. The second-order valence-corrected chi connectivity index (χ2v) is 9.19. The smallest absolute Gasteiger partial charge is 0.238 e. The molecule has 0 bridgehead atoms. The summed E-state index contributed by atoms with van der Waals surface area (Å²) < 4.78 is 1.20. The van der Waals surface area contributed by atoms with Gasteiger partial charge in [-0.25, -0.2) is 0 Å². The normalized spacial score (nSPS) is 20.7. The highest BCUT2D eigenvalue weighted by Crippen LogP contribution is 2.24. The summed E-state index contributed by atoms with van der Waals surface area (Å²) in [6.45, 7) is 8.14. The molecule has 2 fully saturated rings. The first kappa shape index (κ1) is 20.1. The molecule has 0 radical (unpaired) electrons. The van der Waals surface area contributed by atoms with E-state index in [9.17, 15) is 4.79 Å². The van der Waals surface area contributed by atoms with Gasteiger partial charge in [0, 0.05) is 28.9 Å². The summed E-state index contributed by atoms with van der Waals surface area (Å²) in [7, 11) is 0. The predicted molar refractivity (Wildman–Crippen MR) is 117 cm³/mol. The van der Waals surface area contributed by atoms with Crippen LogP contribution in [0.15, 0.2) is 18.2 Å². The second-order valence-electron chi connectivity index (χ2n) is 7.94. The zero-order valence-electron chi connectivity index (χ0n) is 16.0. The van der Waals surface area contributed by atoms with E-state index in [0.717, 1.165) is 36.8 Å². The van der Waals surface area contributed by atoms with Crippen molar-refractivity contribution in [3.05, 3.63) is 27.3 Å². The van der Waals surface area contributed by atoms with E-state index >= 15 is 0 Å². The van der Waals surface area contributed by atoms with Gasteiger partial charge in [-0.15, -0.1) is 0 Å². The van der Waals surface area contributed by atoms with E-state index in [4.69, 9.17) is 0 Å². The van der Waals surface area contributed by atoms with Crippen LogP contribution in [-0.2, 0) is 4.79 Å². The molecule has 1 amide bonds. The first-order chi connectivity index (χ1) is 12.6. The van der Waals surface area contributed by atoms with E-state index in [-0.39, 0.29) is 5.91 Å². The molecule has 144 valence electrons. The fourth-order valence-corrected chi connectivity index (χ4v) is 4.91. The Morgan fingerprint density at radius 2 is 1.81 bits per heavy atom. The highest BCUT2D eigenvalue weighted by Gasteiger charge is 2.21. The standard InChI is InChI=1S/C21H32IN3O/c1-17-14-19(22)8-9-20(17)23-21(26)16-25-11-5-10-24(12-13-25)15-18-6-3-2-4-7-18/h8-9,14,18H,2-7,10-13,15-16H2,1H3,(H,23,26). The van der Waals surface area contributed by atoms with Gasteiger partial charge in [0.1, 0.15) is 0 Å². The number of aryl methyl sites for hydroxylation is 1. The minimum Gasteiger partial charge on any atom is -0.325 e. The number of halogens is 1. The van der Waals surface area contributed by atoms with Crippen molar-refractivity contribution in [2.24, 2.45) is 5.92 Å². The van der Waals surface area contributed by atoms with Gasteiger partial charge in [-0.05, 0) is 91.5 Å². The number of nitrogens with one attached hydrogen (secondary N) is 1. The van der Waals surface area contributed by atoms with Crippen molar-refractivity contribution in [3.8, 4) is 0 Å². The Morgan fingerprint density at radius 3 is 2.58 bits per heavy atom. The molecule has 0 unspecified atom stereocenters. The van der Waals surface area contributed by atoms with Gasteiger partial charge in [0.15, 0.2) is 0 Å². The van der Waals surface area contributed by atoms with Crippen LogP contribution in [0, 0.1) is 16.4 Å². The molecule has 0 spiro atoms. The molecule has 1 aliphatic heterocycles. The number of anilines is 1. The van der Waals surface area contributed by atoms with Crippen LogP contribution in [0.5, 0.6) is 0 Å². The van der Waals surface area contributed by atoms with E-state index in [1.807, 2.05) is 19.1 Å². The maximum absolute atomic E-state index is 12.5. The highest BCUT2D eigenvalue weighted by molar-refractivity contribution is 14.1. The van der Waals surface area contributed by atoms with E-state index in [1.165, 1.54) is 55.2 Å². The molecule has 1 saturated carbocycles. The Bertz CT molecular complexity index is 601. The lowest BCUT2D eigenvalue weighted by Crippen LogP contribution is -2.37. The molecule has 5 heteroatoms. The van der Waals surface area contributed by atoms with E-state index in [1.54, 1.807) is 0 Å². The van der Waals surface area contributed by atoms with Gasteiger partial charge in [0.05, 0.1) is 6.54 Å². The van der Waals surface area contributed by atoms with Crippen LogP contribution < -0.4 is 5.32 Å². The van der Waals surface area contributed by atoms with Crippen LogP contribution in [-0.4, -0.2) is 55.0 Å². The molecule has 1 N–H and O–H groups in total. The highest BCUT2D eigenvalue weighted by atomic mass is 127. The van der Waals surface area contributed by atoms with Crippen molar-refractivity contribution in [2.75, 3.05) is 44.6 Å². The molecule has 2 aliphatic rings. The van der Waals surface area contributed by atoms with Crippen molar-refractivity contribution in [1.82, 2.24) is 9.80 Å². The molecule has 26 heavy (non-hydrogen) atoms. The van der Waals surface area contributed by atoms with Gasteiger partial charge in [0.25, 0.3) is 0 Å². The minimum absolute atomic E-state index is 0.107. The van der Waals surface area contributed by atoms with E-state index < -0.39 is 0 Å². The lowest BCUT2D eigenvalue weighted by atomic mass is 9.89. The van der Waals surface area contributed by atoms with Gasteiger partial charge >= 0.3 is 0 Å². The Balaban J connectivity index is 1.44. The zero-order valence-corrected chi connectivity index (χ0v) is 18.1. The Hall–Kier alpha value is -0.660. The maximum atomic E-state index is 12.5. The molecule has 1 aromatic rings. The SMILES string of the molecule is Cc1cc(I)ccc1NC(=O)CN1CCCN(CC2CCCCC2)CC1. The average molecular weight is 469 g/mol. The first-order valence-electron chi connectivity index (χ1n) is 10.1. The molecule has 1 aliphatic carbocycles. The lowest BCUT2D eigenvalue weighted by molar-refractivity contribution is -0.117. The van der Waals surface area contributed by atoms with Crippen molar-refractivity contribution in [1.29, 1.82) is 0 Å². The van der Waals surface area contributed by atoms with Gasteiger partial charge in [-0.3, -0.25) is 9.69 Å². The van der Waals surface area contributed by atoms with Crippen molar-refractivity contribution in [2.45, 2.75) is 45.4 Å². The van der Waals surface area contributed by atoms with Gasteiger partial charge in [0.2, 0.25) is 5.91 Å². The van der Waals surface area contributed by atoms with Crippen LogP contribution in [0.25, 0.3) is 0 Å². The van der Waals surface area contributed by atoms with E-state index in [0.29, 0.717) is 6.54 Å². The minimum atomic E-state index is 0.107. The third kappa shape index (κ3) is 6.20. The van der Waals surface area contributed by atoms with Gasteiger partial charge < -0.3 is 10.2 Å². The summed E-state index contributed by atoms with van der Waals surface area (Å²) in [5.74, 6) is 1.01. The van der Waals surface area contributed by atoms with Gasteiger partial charge in [-0.2, -0.15) is 0 Å². The van der Waals surface area contributed by atoms with Crippen molar-refractivity contribution >= 4 is 34.2 Å². The molecule has 1 saturated heterocycles. The summed E-state index contributed by atoms with van der Waals surface area (Å²) in [5, 5.41) is 3.08. The molecule has 0 aromatic heterocycles. The molecule has 1 heterocycles. The zero-order chi connectivity index (χ0) is 18.4. The number of nitrogens with zero attached hydrogens (tertiary/aromatic N) is 2. The number of amides is 1. The number of hydrogen-bond donors (Lipinski definition) is 1. The number of benzene rings is 1. The first-order valence-corrected chi connectivity index (χ1v) is 11.2. The third-order valence-corrected chi connectivity index (χ3v) is 6.42. The fraction of sp³-hybridized carbons (Fsp3) is 0.667. The summed E-state index contributed by atoms with van der Waals surface area (Å²) in [6.07, 6.45) is 8.27. The largest absolute Gasteiger partial charge is 0.325 e. The molecule has 0 atom stereocenters. The molecule has 4 nitrogen and oxygen atoms in total. The number of hydrogen-bond acceptors (Lipinski definition) is 3. The molecule has 3 rings (SSSR count). The maximum Gasteiger partial charge on any atom is 0.238 e. The van der Waals surface area contributed by atoms with Crippen molar-refractivity contribution in [3.63, 3.8) is 0 Å². The van der Waals surface area contributed by atoms with Crippen molar-refractivity contribution < 1.29 is 4.79 Å². The summed E-state index contributed by atoms with van der Waals surface area (Å²) >= 11 is 2.30. The van der Waals surface area contributed by atoms with Crippen LogP contribution in [0.3, 0.4) is 0 Å². The summed E-state index contributed by atoms with van der Waals surface area (Å²) in [4.78, 5) is 17.4. The monoisotopic (exact) mass is 469 g/mol. The predicted octanol–water partition coefficient (Wildman–Crippen LogP) is 4.13. The van der Waals surface area contributed by atoms with Crippen LogP contribution >= 0.6 is 22.6 Å². The number of carbonyl (C=O) groups excluding carboxylic acids is 1. The molecular formula is C21H32IN3O. The molecule has 1 aromatic carbocycles. The van der Waals surface area contributed by atoms with Crippen LogP contribution in [0.1, 0.15) is 44.1 Å². The average Bonchev–Trinajstić information content (AvgIpc) is 2.84. The number of carbonyl (C=O) groups is 1. The van der Waals surface area contributed by atoms with Gasteiger partial charge in [-0.1, -0.05) is 19.3 Å². The lowest BCUT2D eigenvalue weighted by Gasteiger charge is -2.28. The fourth-order valence-electron chi connectivity index (χ4n) is 4.26. The second kappa shape index (κ2) is 10.0. The topological polar surface area (TPSA) is 35.6 Å². The summed E-state index contributed by atoms with van der Waals surface area (Å²) in [6, 6.07) is 6.15. The van der Waals surface area contributed by atoms with Crippen LogP contribution in [0.4, 0.5) is 5.69 Å². The third-order valence-electron chi connectivity index (χ3n) is 5.75. The number of rotatable bonds is 5. The van der Waals surface area contributed by atoms with Crippen LogP contribution in [0.2, 0.25) is 0 Å². The Kier molecular flexibility index (Phi) is 7.76. The Morgan fingerprint density at radius 1 is 1.08 bits per heavy atom. The summed E-state index contributed by atoms with van der Waals surface area (Å²) in [5.41, 5.74) is 2.06. The van der Waals surface area contributed by atoms with E-state index in [2.05, 4.69) is 43.8 Å².